The zero-order valence-electron chi connectivity index (χ0n) is 12.4. The van der Waals surface area contributed by atoms with Gasteiger partial charge >= 0.3 is 6.18 Å². The van der Waals surface area contributed by atoms with Crippen LogP contribution in [0.25, 0.3) is 0 Å². The molecular formula is C14H18F3N3O3. The van der Waals surface area contributed by atoms with Crippen LogP contribution in [0.4, 0.5) is 13.2 Å². The number of rotatable bonds is 6. The van der Waals surface area contributed by atoms with Crippen molar-refractivity contribution in [2.24, 2.45) is 0 Å². The van der Waals surface area contributed by atoms with Crippen LogP contribution in [0.2, 0.25) is 0 Å². The van der Waals surface area contributed by atoms with Gasteiger partial charge in [-0.15, -0.1) is 0 Å². The van der Waals surface area contributed by atoms with Gasteiger partial charge in [-0.3, -0.25) is 9.69 Å². The van der Waals surface area contributed by atoms with Gasteiger partial charge in [-0.25, -0.2) is 4.98 Å². The van der Waals surface area contributed by atoms with E-state index in [1.54, 1.807) is 0 Å². The van der Waals surface area contributed by atoms with Crippen molar-refractivity contribution in [2.75, 3.05) is 46.0 Å². The van der Waals surface area contributed by atoms with Crippen LogP contribution in [0, 0.1) is 0 Å². The van der Waals surface area contributed by atoms with Crippen molar-refractivity contribution in [2.45, 2.75) is 6.18 Å². The molecule has 1 aromatic heterocycles. The number of nitrogens with one attached hydrogen (secondary N) is 1. The molecule has 23 heavy (non-hydrogen) atoms. The molecule has 0 aromatic carbocycles. The predicted molar refractivity (Wildman–Crippen MR) is 75.4 cm³/mol. The van der Waals surface area contributed by atoms with Gasteiger partial charge in [0.1, 0.15) is 5.56 Å². The number of halogens is 3. The molecule has 0 radical (unpaired) electrons. The summed E-state index contributed by atoms with van der Waals surface area (Å²) in [5.74, 6) is -0.836. The molecule has 1 fully saturated rings. The first-order valence-corrected chi connectivity index (χ1v) is 7.18. The molecule has 9 heteroatoms. The summed E-state index contributed by atoms with van der Waals surface area (Å²) in [5, 5.41) is 2.66. The van der Waals surface area contributed by atoms with Crippen LogP contribution in [-0.2, 0) is 4.74 Å². The fourth-order valence-electron chi connectivity index (χ4n) is 2.08. The Balaban J connectivity index is 1.85. The van der Waals surface area contributed by atoms with Crippen LogP contribution in [0.5, 0.6) is 5.88 Å². The van der Waals surface area contributed by atoms with E-state index < -0.39 is 18.7 Å². The standard InChI is InChI=1S/C14H18F3N3O3/c15-14(16,17)10-23-13-11(2-1-3-19-13)12(21)18-4-5-20-6-8-22-9-7-20/h1-3H,4-10H2,(H,18,21). The van der Waals surface area contributed by atoms with Gasteiger partial charge in [-0.2, -0.15) is 13.2 Å². The van der Waals surface area contributed by atoms with Crippen LogP contribution in [0.15, 0.2) is 18.3 Å². The molecule has 1 aromatic rings. The summed E-state index contributed by atoms with van der Waals surface area (Å²) in [7, 11) is 0. The molecule has 2 heterocycles. The number of hydrogen-bond donors (Lipinski definition) is 1. The van der Waals surface area contributed by atoms with Crippen molar-refractivity contribution < 1.29 is 27.4 Å². The van der Waals surface area contributed by atoms with Gasteiger partial charge in [0.05, 0.1) is 13.2 Å². The molecule has 6 nitrogen and oxygen atoms in total. The van der Waals surface area contributed by atoms with Gasteiger partial charge in [0.25, 0.3) is 5.91 Å². The fraction of sp³-hybridized carbons (Fsp3) is 0.571. The monoisotopic (exact) mass is 333 g/mol. The van der Waals surface area contributed by atoms with E-state index in [9.17, 15) is 18.0 Å². The number of nitrogens with zero attached hydrogens (tertiary/aromatic N) is 2. The number of ether oxygens (including phenoxy) is 2. The fourth-order valence-corrected chi connectivity index (χ4v) is 2.08. The van der Waals surface area contributed by atoms with E-state index in [1.807, 2.05) is 0 Å². The molecule has 1 aliphatic heterocycles. The van der Waals surface area contributed by atoms with Crippen LogP contribution in [-0.4, -0.2) is 68.0 Å². The highest BCUT2D eigenvalue weighted by Gasteiger charge is 2.29. The van der Waals surface area contributed by atoms with Crippen molar-refractivity contribution in [3.8, 4) is 5.88 Å². The quantitative estimate of drug-likeness (QED) is 0.844. The van der Waals surface area contributed by atoms with Crippen molar-refractivity contribution in [3.05, 3.63) is 23.9 Å². The molecule has 1 saturated heterocycles. The third-order valence-electron chi connectivity index (χ3n) is 3.21. The molecule has 1 aliphatic rings. The van der Waals surface area contributed by atoms with Gasteiger partial charge in [-0.1, -0.05) is 0 Å². The number of amides is 1. The number of carbonyl (C=O) groups is 1. The average molecular weight is 333 g/mol. The molecule has 1 N–H and O–H groups in total. The first-order valence-electron chi connectivity index (χ1n) is 7.18. The summed E-state index contributed by atoms with van der Waals surface area (Å²) in [6.07, 6.45) is -3.21. The smallest absolute Gasteiger partial charge is 0.422 e. The molecule has 0 bridgehead atoms. The van der Waals surface area contributed by atoms with E-state index >= 15 is 0 Å². The van der Waals surface area contributed by atoms with E-state index in [-0.39, 0.29) is 11.4 Å². The lowest BCUT2D eigenvalue weighted by Gasteiger charge is -2.26. The molecule has 0 atom stereocenters. The Bertz CT molecular complexity index is 519. The van der Waals surface area contributed by atoms with Crippen molar-refractivity contribution >= 4 is 5.91 Å². The highest BCUT2D eigenvalue weighted by Crippen LogP contribution is 2.19. The number of pyridine rings is 1. The Kier molecular flexibility index (Phi) is 6.17. The molecular weight excluding hydrogens is 315 g/mol. The van der Waals surface area contributed by atoms with Crippen LogP contribution in [0.1, 0.15) is 10.4 Å². The summed E-state index contributed by atoms with van der Waals surface area (Å²) in [5.41, 5.74) is -0.0151. The summed E-state index contributed by atoms with van der Waals surface area (Å²) >= 11 is 0. The highest BCUT2D eigenvalue weighted by atomic mass is 19.4. The maximum absolute atomic E-state index is 12.2. The van der Waals surface area contributed by atoms with Gasteiger partial charge in [0, 0.05) is 32.4 Å². The third-order valence-corrected chi connectivity index (χ3v) is 3.21. The Morgan fingerprint density at radius 1 is 1.39 bits per heavy atom. The Morgan fingerprint density at radius 3 is 2.83 bits per heavy atom. The average Bonchev–Trinajstić information content (AvgIpc) is 2.53. The van der Waals surface area contributed by atoms with Crippen LogP contribution < -0.4 is 10.1 Å². The minimum Gasteiger partial charge on any atom is -0.467 e. The second-order valence-electron chi connectivity index (χ2n) is 4.97. The number of hydrogen-bond acceptors (Lipinski definition) is 5. The van der Waals surface area contributed by atoms with Crippen molar-refractivity contribution in [1.82, 2.24) is 15.2 Å². The summed E-state index contributed by atoms with van der Waals surface area (Å²) < 4.78 is 46.5. The lowest BCUT2D eigenvalue weighted by molar-refractivity contribution is -0.154. The molecule has 2 rings (SSSR count). The van der Waals surface area contributed by atoms with Gasteiger partial charge in [0.2, 0.25) is 5.88 Å². The molecule has 0 spiro atoms. The zero-order chi connectivity index (χ0) is 16.7. The number of aromatic nitrogens is 1. The minimum absolute atomic E-state index is 0.0151. The lowest BCUT2D eigenvalue weighted by Crippen LogP contribution is -2.41. The van der Waals surface area contributed by atoms with E-state index in [1.165, 1.54) is 18.3 Å². The highest BCUT2D eigenvalue weighted by molar-refractivity contribution is 5.96. The first-order chi connectivity index (χ1) is 11.0. The maximum atomic E-state index is 12.2. The second kappa shape index (κ2) is 8.11. The summed E-state index contributed by atoms with van der Waals surface area (Å²) in [4.78, 5) is 17.9. The predicted octanol–water partition coefficient (Wildman–Crippen LogP) is 1.08. The normalized spacial score (nSPS) is 16.1. The molecule has 1 amide bonds. The van der Waals surface area contributed by atoms with E-state index in [0.717, 1.165) is 13.1 Å². The molecule has 0 aliphatic carbocycles. The molecule has 0 unspecified atom stereocenters. The zero-order valence-corrected chi connectivity index (χ0v) is 12.4. The second-order valence-corrected chi connectivity index (χ2v) is 4.97. The van der Waals surface area contributed by atoms with E-state index in [2.05, 4.69) is 19.9 Å². The summed E-state index contributed by atoms with van der Waals surface area (Å²) in [6.45, 7) is 2.45. The topological polar surface area (TPSA) is 63.7 Å². The third kappa shape index (κ3) is 6.03. The Labute approximate surface area is 131 Å². The van der Waals surface area contributed by atoms with E-state index in [0.29, 0.717) is 26.3 Å². The van der Waals surface area contributed by atoms with Gasteiger partial charge in [0.15, 0.2) is 6.61 Å². The van der Waals surface area contributed by atoms with Crippen molar-refractivity contribution in [3.63, 3.8) is 0 Å². The number of alkyl halides is 3. The summed E-state index contributed by atoms with van der Waals surface area (Å²) in [6, 6.07) is 2.85. The molecule has 128 valence electrons. The minimum atomic E-state index is -4.48. The Hall–Kier alpha value is -1.87. The van der Waals surface area contributed by atoms with Crippen LogP contribution in [0.3, 0.4) is 0 Å². The number of morpholine rings is 1. The maximum Gasteiger partial charge on any atom is 0.422 e. The molecule has 0 saturated carbocycles. The van der Waals surface area contributed by atoms with Crippen LogP contribution >= 0.6 is 0 Å². The van der Waals surface area contributed by atoms with Gasteiger partial charge in [-0.05, 0) is 12.1 Å². The number of carbonyl (C=O) groups excluding carboxylic acids is 1. The first kappa shape index (κ1) is 17.5. The lowest BCUT2D eigenvalue weighted by atomic mass is 10.2. The largest absolute Gasteiger partial charge is 0.467 e. The Morgan fingerprint density at radius 2 is 2.13 bits per heavy atom. The van der Waals surface area contributed by atoms with Gasteiger partial charge < -0.3 is 14.8 Å². The van der Waals surface area contributed by atoms with E-state index in [4.69, 9.17) is 4.74 Å². The van der Waals surface area contributed by atoms with Crippen molar-refractivity contribution in [1.29, 1.82) is 0 Å². The SMILES string of the molecule is O=C(NCCN1CCOCC1)c1cccnc1OCC(F)(F)F.